The molecule has 1 atom stereocenters. The van der Waals surface area contributed by atoms with E-state index in [1.54, 1.807) is 61.4 Å². The van der Waals surface area contributed by atoms with E-state index in [0.29, 0.717) is 39.6 Å². The largest absolute Gasteiger partial charge is 0.497 e. The molecular formula is C23H21N3O5. The Morgan fingerprint density at radius 1 is 1.03 bits per heavy atom. The molecule has 1 amide bonds. The van der Waals surface area contributed by atoms with Crippen LogP contribution < -0.4 is 19.7 Å². The van der Waals surface area contributed by atoms with Crippen LogP contribution in [0.25, 0.3) is 0 Å². The number of nitrogens with one attached hydrogen (secondary N) is 1. The van der Waals surface area contributed by atoms with E-state index in [0.717, 1.165) is 0 Å². The van der Waals surface area contributed by atoms with Gasteiger partial charge in [-0.2, -0.15) is 0 Å². The lowest BCUT2D eigenvalue weighted by molar-refractivity contribution is -0.385. The lowest BCUT2D eigenvalue weighted by Crippen LogP contribution is -2.43. The molecule has 8 nitrogen and oxygen atoms in total. The van der Waals surface area contributed by atoms with Crippen molar-refractivity contribution in [3.05, 3.63) is 87.5 Å². The molecule has 0 spiro atoms. The van der Waals surface area contributed by atoms with E-state index < -0.39 is 11.1 Å². The smallest absolute Gasteiger partial charge is 0.272 e. The van der Waals surface area contributed by atoms with Gasteiger partial charge in [0.15, 0.2) is 0 Å². The molecule has 31 heavy (non-hydrogen) atoms. The van der Waals surface area contributed by atoms with Crippen molar-refractivity contribution in [1.82, 2.24) is 0 Å². The molecule has 0 bridgehead atoms. The molecule has 3 aromatic carbocycles. The molecule has 1 N–H and O–H groups in total. The van der Waals surface area contributed by atoms with E-state index in [2.05, 4.69) is 5.32 Å². The number of amides is 1. The molecule has 1 aliphatic rings. The summed E-state index contributed by atoms with van der Waals surface area (Å²) in [7, 11) is 3.06. The SMILES string of the molecule is COc1ccc(N2C(=O)c3ccccc3NC2c2ccc(C)c([N+](=O)[O-])c2)c(OC)c1. The number of nitro groups is 1. The monoisotopic (exact) mass is 419 g/mol. The van der Waals surface area contributed by atoms with E-state index in [9.17, 15) is 14.9 Å². The summed E-state index contributed by atoms with van der Waals surface area (Å²) < 4.78 is 10.8. The van der Waals surface area contributed by atoms with Crippen LogP contribution in [0.5, 0.6) is 11.5 Å². The predicted octanol–water partition coefficient (Wildman–Crippen LogP) is 4.69. The zero-order chi connectivity index (χ0) is 22.1. The number of benzene rings is 3. The summed E-state index contributed by atoms with van der Waals surface area (Å²) in [5.41, 5.74) is 2.79. The fraction of sp³-hybridized carbons (Fsp3) is 0.174. The van der Waals surface area contributed by atoms with Crippen LogP contribution in [0.15, 0.2) is 60.7 Å². The van der Waals surface area contributed by atoms with Gasteiger partial charge in [0, 0.05) is 28.9 Å². The van der Waals surface area contributed by atoms with Crippen molar-refractivity contribution >= 4 is 23.0 Å². The third-order valence-corrected chi connectivity index (χ3v) is 5.32. The third-order valence-electron chi connectivity index (χ3n) is 5.32. The van der Waals surface area contributed by atoms with Gasteiger partial charge in [0.2, 0.25) is 0 Å². The van der Waals surface area contributed by atoms with Gasteiger partial charge in [0.25, 0.3) is 11.6 Å². The molecule has 8 heteroatoms. The van der Waals surface area contributed by atoms with Gasteiger partial charge in [0.1, 0.15) is 17.7 Å². The van der Waals surface area contributed by atoms with Crippen LogP contribution in [-0.2, 0) is 0 Å². The Morgan fingerprint density at radius 2 is 1.81 bits per heavy atom. The van der Waals surface area contributed by atoms with E-state index >= 15 is 0 Å². The maximum atomic E-state index is 13.6. The van der Waals surface area contributed by atoms with Crippen molar-refractivity contribution in [2.45, 2.75) is 13.1 Å². The second kappa shape index (κ2) is 7.98. The fourth-order valence-electron chi connectivity index (χ4n) is 3.71. The van der Waals surface area contributed by atoms with Gasteiger partial charge in [-0.25, -0.2) is 0 Å². The molecule has 0 radical (unpaired) electrons. The summed E-state index contributed by atoms with van der Waals surface area (Å²) >= 11 is 0. The normalized spacial score (nSPS) is 15.1. The lowest BCUT2D eigenvalue weighted by Gasteiger charge is -2.38. The van der Waals surface area contributed by atoms with Crippen molar-refractivity contribution in [1.29, 1.82) is 0 Å². The number of methoxy groups -OCH3 is 2. The summed E-state index contributed by atoms with van der Waals surface area (Å²) in [6.07, 6.45) is -0.677. The number of carbonyl (C=O) groups excluding carboxylic acids is 1. The first kappa shape index (κ1) is 20.2. The summed E-state index contributed by atoms with van der Waals surface area (Å²) in [5, 5.41) is 14.9. The van der Waals surface area contributed by atoms with Crippen LogP contribution >= 0.6 is 0 Å². The van der Waals surface area contributed by atoms with Crippen LogP contribution in [0.2, 0.25) is 0 Å². The van der Waals surface area contributed by atoms with E-state index in [1.807, 2.05) is 12.1 Å². The molecular weight excluding hydrogens is 398 g/mol. The second-order valence-electron chi connectivity index (χ2n) is 7.11. The van der Waals surface area contributed by atoms with E-state index in [-0.39, 0.29) is 11.6 Å². The number of anilines is 2. The zero-order valence-electron chi connectivity index (χ0n) is 17.3. The highest BCUT2D eigenvalue weighted by atomic mass is 16.6. The van der Waals surface area contributed by atoms with Crippen molar-refractivity contribution < 1.29 is 19.2 Å². The molecule has 3 aromatic rings. The van der Waals surface area contributed by atoms with Crippen LogP contribution in [0.4, 0.5) is 17.1 Å². The number of fused-ring (bicyclic) bond motifs is 1. The van der Waals surface area contributed by atoms with Crippen LogP contribution in [0, 0.1) is 17.0 Å². The van der Waals surface area contributed by atoms with Crippen LogP contribution in [0.1, 0.15) is 27.7 Å². The maximum Gasteiger partial charge on any atom is 0.272 e. The number of rotatable bonds is 5. The topological polar surface area (TPSA) is 93.9 Å². The number of nitrogens with zero attached hydrogens (tertiary/aromatic N) is 2. The van der Waals surface area contributed by atoms with Gasteiger partial charge in [0.05, 0.1) is 30.4 Å². The van der Waals surface area contributed by atoms with Gasteiger partial charge in [-0.1, -0.05) is 24.3 Å². The average Bonchev–Trinajstić information content (AvgIpc) is 2.79. The van der Waals surface area contributed by atoms with Crippen molar-refractivity contribution in [3.8, 4) is 11.5 Å². The Labute approximate surface area is 179 Å². The summed E-state index contributed by atoms with van der Waals surface area (Å²) in [6.45, 7) is 1.68. The lowest BCUT2D eigenvalue weighted by atomic mass is 10.0. The Bertz CT molecular complexity index is 1180. The zero-order valence-corrected chi connectivity index (χ0v) is 17.3. The summed E-state index contributed by atoms with van der Waals surface area (Å²) in [4.78, 5) is 26.2. The second-order valence-corrected chi connectivity index (χ2v) is 7.11. The van der Waals surface area contributed by atoms with Gasteiger partial charge >= 0.3 is 0 Å². The molecule has 1 aliphatic heterocycles. The first-order chi connectivity index (χ1) is 14.9. The first-order valence-corrected chi connectivity index (χ1v) is 9.60. The van der Waals surface area contributed by atoms with Gasteiger partial charge in [-0.15, -0.1) is 0 Å². The molecule has 0 saturated carbocycles. The Hall–Kier alpha value is -4.07. The molecule has 0 fully saturated rings. The molecule has 1 unspecified atom stereocenters. The molecule has 158 valence electrons. The van der Waals surface area contributed by atoms with Crippen LogP contribution in [0.3, 0.4) is 0 Å². The summed E-state index contributed by atoms with van der Waals surface area (Å²) in [5.74, 6) is 0.785. The molecule has 0 saturated heterocycles. The quantitative estimate of drug-likeness (QED) is 0.476. The molecule has 0 aromatic heterocycles. The summed E-state index contributed by atoms with van der Waals surface area (Å²) in [6, 6.07) is 17.3. The Morgan fingerprint density at radius 3 is 2.52 bits per heavy atom. The number of para-hydroxylation sites is 1. The van der Waals surface area contributed by atoms with Gasteiger partial charge in [-0.05, 0) is 31.2 Å². The highest BCUT2D eigenvalue weighted by molar-refractivity contribution is 6.12. The number of hydrogen-bond acceptors (Lipinski definition) is 6. The number of ether oxygens (including phenoxy) is 2. The minimum atomic E-state index is -0.677. The molecule has 1 heterocycles. The highest BCUT2D eigenvalue weighted by Gasteiger charge is 2.36. The van der Waals surface area contributed by atoms with E-state index in [1.165, 1.54) is 13.2 Å². The average molecular weight is 419 g/mol. The minimum absolute atomic E-state index is 0.00717. The van der Waals surface area contributed by atoms with Gasteiger partial charge < -0.3 is 14.8 Å². The predicted molar refractivity (Wildman–Crippen MR) is 117 cm³/mol. The first-order valence-electron chi connectivity index (χ1n) is 9.60. The Balaban J connectivity index is 1.91. The highest BCUT2D eigenvalue weighted by Crippen LogP contribution is 2.42. The number of carbonyl (C=O) groups is 1. The maximum absolute atomic E-state index is 13.6. The van der Waals surface area contributed by atoms with E-state index in [4.69, 9.17) is 9.47 Å². The minimum Gasteiger partial charge on any atom is -0.497 e. The molecule has 0 aliphatic carbocycles. The molecule has 4 rings (SSSR count). The van der Waals surface area contributed by atoms with Crippen molar-refractivity contribution in [3.63, 3.8) is 0 Å². The number of hydrogen-bond donors (Lipinski definition) is 1. The van der Waals surface area contributed by atoms with Crippen LogP contribution in [-0.4, -0.2) is 25.1 Å². The Kier molecular flexibility index (Phi) is 5.21. The number of aryl methyl sites for hydroxylation is 1. The van der Waals surface area contributed by atoms with Crippen molar-refractivity contribution in [2.75, 3.05) is 24.4 Å². The van der Waals surface area contributed by atoms with Gasteiger partial charge in [-0.3, -0.25) is 19.8 Å². The standard InChI is InChI=1S/C23H21N3O5/c1-14-8-9-15(12-20(14)26(28)29)22-24-18-7-5-4-6-17(18)23(27)25(22)19-11-10-16(30-2)13-21(19)31-3/h4-13,22,24H,1-3H3. The van der Waals surface area contributed by atoms with Crippen molar-refractivity contribution in [2.24, 2.45) is 0 Å². The number of nitro benzene ring substituents is 1. The third kappa shape index (κ3) is 3.52. The fourth-order valence-corrected chi connectivity index (χ4v) is 3.71.